The van der Waals surface area contributed by atoms with E-state index in [0.717, 1.165) is 56.5 Å². The van der Waals surface area contributed by atoms with Crippen LogP contribution in [-0.4, -0.2) is 29.1 Å². The molecule has 0 N–H and O–H groups in total. The van der Waals surface area contributed by atoms with Crippen molar-refractivity contribution in [3.05, 3.63) is 96.3 Å². The van der Waals surface area contributed by atoms with Crippen molar-refractivity contribution in [3.63, 3.8) is 0 Å². The molecule has 0 fully saturated rings. The number of benzene rings is 2. The normalized spacial score (nSPS) is 11.1. The summed E-state index contributed by atoms with van der Waals surface area (Å²) in [6.45, 7) is 12.7. The molecule has 0 saturated heterocycles. The molecule has 0 amide bonds. The van der Waals surface area contributed by atoms with Crippen LogP contribution in [0.25, 0.3) is 45.1 Å². The number of hydrogen-bond acceptors (Lipinski definition) is 4. The maximum atomic E-state index is 4.81. The molecule has 0 spiro atoms. The van der Waals surface area contributed by atoms with Gasteiger partial charge in [-0.05, 0) is 90.1 Å². The first-order chi connectivity index (χ1) is 19.7. The molecule has 0 bridgehead atoms. The predicted octanol–water partition coefficient (Wildman–Crippen LogP) is 9.35. The fourth-order valence-corrected chi connectivity index (χ4v) is 4.83. The van der Waals surface area contributed by atoms with Crippen LogP contribution in [0.3, 0.4) is 0 Å². The summed E-state index contributed by atoms with van der Waals surface area (Å²) in [6.07, 6.45) is 0. The first kappa shape index (κ1) is 30.9. The van der Waals surface area contributed by atoms with Gasteiger partial charge in [0.15, 0.2) is 11.6 Å². The van der Waals surface area contributed by atoms with Crippen molar-refractivity contribution in [2.75, 3.05) is 0 Å². The predicted molar refractivity (Wildman–Crippen MR) is 168 cm³/mol. The summed E-state index contributed by atoms with van der Waals surface area (Å²) < 4.78 is 4.49. The summed E-state index contributed by atoms with van der Waals surface area (Å²) in [5, 5.41) is 0. The Labute approximate surface area is 257 Å². The number of pyridine rings is 2. The van der Waals surface area contributed by atoms with Gasteiger partial charge in [0.1, 0.15) is 11.4 Å². The molecule has 4 heterocycles. The molecule has 6 nitrogen and oxygen atoms in total. The Balaban J connectivity index is 0.000000173. The molecule has 0 radical (unpaired) electrons. The average Bonchev–Trinajstić information content (AvgIpc) is 3.53. The summed E-state index contributed by atoms with van der Waals surface area (Å²) in [6, 6.07) is 29.3. The van der Waals surface area contributed by atoms with Gasteiger partial charge in [-0.2, -0.15) is 0 Å². The Morgan fingerprint density at radius 3 is 1.24 bits per heavy atom. The molecule has 216 valence electrons. The molecule has 4 aromatic heterocycles. The molecule has 9 heteroatoms. The van der Waals surface area contributed by atoms with Crippen LogP contribution in [0, 0.1) is 13.8 Å². The van der Waals surface area contributed by atoms with Crippen LogP contribution in [0.1, 0.15) is 51.2 Å². The monoisotopic (exact) mass is 678 g/mol. The van der Waals surface area contributed by atoms with E-state index in [-0.39, 0.29) is 15.9 Å². The molecular weight excluding hydrogens is 646 g/mol. The molecule has 6 rings (SSSR count). The van der Waals surface area contributed by atoms with Crippen LogP contribution < -0.4 is 0 Å². The van der Waals surface area contributed by atoms with E-state index in [9.17, 15) is 0 Å². The number of rotatable bonds is 4. The molecule has 0 aliphatic carbocycles. The summed E-state index contributed by atoms with van der Waals surface area (Å²) in [4.78, 5) is 18.7. The van der Waals surface area contributed by atoms with Crippen LogP contribution in [0.15, 0.2) is 84.9 Å². The SMILES string of the molecule is Cc1cccc(-c2nc3ccccc3n2C(C)C)n1.Cc1cccc(-c2nc3ccccc3n2C(C)C)n1.[Cl][Pd][Cl]. The van der Waals surface area contributed by atoms with Crippen LogP contribution in [0.2, 0.25) is 0 Å². The van der Waals surface area contributed by atoms with Gasteiger partial charge in [0, 0.05) is 23.5 Å². The van der Waals surface area contributed by atoms with Crippen LogP contribution >= 0.6 is 19.1 Å². The van der Waals surface area contributed by atoms with Crippen molar-refractivity contribution in [2.45, 2.75) is 53.6 Å². The number of para-hydroxylation sites is 4. The van der Waals surface area contributed by atoms with Gasteiger partial charge >= 0.3 is 35.0 Å². The fourth-order valence-electron chi connectivity index (χ4n) is 4.83. The van der Waals surface area contributed by atoms with Gasteiger partial charge in [-0.3, -0.25) is 0 Å². The zero-order valence-corrected chi connectivity index (χ0v) is 27.1. The number of imidazole rings is 2. The molecule has 2 aromatic carbocycles. The van der Waals surface area contributed by atoms with Gasteiger partial charge in [-0.15, -0.1) is 0 Å². The Hall–Kier alpha value is -3.08. The van der Waals surface area contributed by atoms with E-state index in [0.29, 0.717) is 12.1 Å². The molecule has 0 aliphatic heterocycles. The summed E-state index contributed by atoms with van der Waals surface area (Å²) >= 11 is -0.106. The van der Waals surface area contributed by atoms with E-state index < -0.39 is 0 Å². The van der Waals surface area contributed by atoms with Crippen molar-refractivity contribution in [1.29, 1.82) is 0 Å². The van der Waals surface area contributed by atoms with E-state index in [2.05, 4.69) is 71.1 Å². The van der Waals surface area contributed by atoms with Gasteiger partial charge in [-0.1, -0.05) is 36.4 Å². The minimum absolute atomic E-state index is 0.106. The number of hydrogen-bond donors (Lipinski definition) is 0. The first-order valence-electron chi connectivity index (χ1n) is 13.4. The molecule has 0 aliphatic rings. The zero-order valence-electron chi connectivity index (χ0n) is 24.0. The summed E-state index contributed by atoms with van der Waals surface area (Å²) in [5.41, 5.74) is 8.27. The molecule has 41 heavy (non-hydrogen) atoms. The standard InChI is InChI=1S/2C16H17N3.2ClH.Pd/c2*1-11(2)19-15-10-5-4-8-13(15)18-16(19)14-9-6-7-12(3)17-14;;;/h2*4-11H,1-3H3;2*1H;/q;;;;+2/p-2. The Bertz CT molecular complexity index is 1610. The van der Waals surface area contributed by atoms with Gasteiger partial charge in [0.2, 0.25) is 0 Å². The third kappa shape index (κ3) is 7.23. The molecule has 6 aromatic rings. The molecule has 0 saturated carbocycles. The molecular formula is C32H34Cl2N6Pd. The van der Waals surface area contributed by atoms with Gasteiger partial charge in [0.05, 0.1) is 22.1 Å². The minimum atomic E-state index is -0.106. The third-order valence-electron chi connectivity index (χ3n) is 6.46. The zero-order chi connectivity index (χ0) is 29.5. The van der Waals surface area contributed by atoms with Gasteiger partial charge < -0.3 is 9.13 Å². The van der Waals surface area contributed by atoms with E-state index in [1.807, 2.05) is 74.5 Å². The van der Waals surface area contributed by atoms with Gasteiger partial charge in [0.25, 0.3) is 0 Å². The number of nitrogens with zero attached hydrogens (tertiary/aromatic N) is 6. The van der Waals surface area contributed by atoms with Crippen molar-refractivity contribution < 1.29 is 15.9 Å². The Kier molecular flexibility index (Phi) is 10.7. The summed E-state index contributed by atoms with van der Waals surface area (Å²) in [5.74, 6) is 1.89. The average molecular weight is 680 g/mol. The summed E-state index contributed by atoms with van der Waals surface area (Å²) in [7, 11) is 9.63. The number of aryl methyl sites for hydroxylation is 2. The topological polar surface area (TPSA) is 61.4 Å². The van der Waals surface area contributed by atoms with Crippen molar-refractivity contribution in [3.8, 4) is 23.0 Å². The van der Waals surface area contributed by atoms with Crippen LogP contribution in [0.5, 0.6) is 0 Å². The van der Waals surface area contributed by atoms with Crippen molar-refractivity contribution in [2.24, 2.45) is 0 Å². The Morgan fingerprint density at radius 2 is 0.902 bits per heavy atom. The van der Waals surface area contributed by atoms with Crippen LogP contribution in [0.4, 0.5) is 0 Å². The van der Waals surface area contributed by atoms with E-state index in [1.165, 1.54) is 0 Å². The fraction of sp³-hybridized carbons (Fsp3) is 0.250. The second kappa shape index (κ2) is 14.2. The van der Waals surface area contributed by atoms with Crippen molar-refractivity contribution in [1.82, 2.24) is 29.1 Å². The quantitative estimate of drug-likeness (QED) is 0.174. The van der Waals surface area contributed by atoms with E-state index in [4.69, 9.17) is 29.0 Å². The second-order valence-electron chi connectivity index (χ2n) is 10.1. The molecule has 0 atom stereocenters. The van der Waals surface area contributed by atoms with Crippen molar-refractivity contribution >= 4 is 41.1 Å². The second-order valence-corrected chi connectivity index (χ2v) is 12.5. The van der Waals surface area contributed by atoms with E-state index >= 15 is 0 Å². The Morgan fingerprint density at radius 1 is 0.537 bits per heavy atom. The first-order valence-corrected chi connectivity index (χ1v) is 17.4. The van der Waals surface area contributed by atoms with E-state index in [1.54, 1.807) is 0 Å². The number of fused-ring (bicyclic) bond motifs is 2. The van der Waals surface area contributed by atoms with Gasteiger partial charge in [-0.25, -0.2) is 19.9 Å². The van der Waals surface area contributed by atoms with Crippen LogP contribution in [-0.2, 0) is 15.9 Å². The third-order valence-corrected chi connectivity index (χ3v) is 6.46. The number of aromatic nitrogens is 6. The molecule has 0 unspecified atom stereocenters. The maximum absolute atomic E-state index is 4.81. The number of halogens is 2.